The fraction of sp³-hybridized carbons (Fsp3) is 0.444. The molecule has 2 rings (SSSR count). The molecule has 0 bridgehead atoms. The third kappa shape index (κ3) is 5.13. The Balaban J connectivity index is 1.87. The highest BCUT2D eigenvalue weighted by atomic mass is 16.5. The van der Waals surface area contributed by atoms with E-state index in [1.807, 2.05) is 24.3 Å². The Bertz CT molecular complexity index is 630. The molecule has 23 heavy (non-hydrogen) atoms. The van der Waals surface area contributed by atoms with Crippen LogP contribution in [0.1, 0.15) is 39.2 Å². The van der Waals surface area contributed by atoms with Gasteiger partial charge in [-0.2, -0.15) is 5.10 Å². The quantitative estimate of drug-likeness (QED) is 0.848. The van der Waals surface area contributed by atoms with E-state index >= 15 is 0 Å². The molecule has 1 heterocycles. The molecule has 1 aromatic heterocycles. The van der Waals surface area contributed by atoms with Gasteiger partial charge in [0.1, 0.15) is 11.6 Å². The molecule has 0 spiro atoms. The number of anilines is 1. The second-order valence-corrected chi connectivity index (χ2v) is 6.35. The maximum atomic E-state index is 12.0. The molecule has 0 aliphatic carbocycles. The van der Waals surface area contributed by atoms with Crippen molar-refractivity contribution in [2.75, 3.05) is 11.9 Å². The molecule has 1 N–H and O–H groups in total. The zero-order chi connectivity index (χ0) is 16.8. The van der Waals surface area contributed by atoms with Gasteiger partial charge < -0.3 is 10.1 Å². The fourth-order valence-electron chi connectivity index (χ4n) is 2.21. The molecule has 0 aliphatic heterocycles. The van der Waals surface area contributed by atoms with E-state index in [0.717, 1.165) is 6.54 Å². The van der Waals surface area contributed by atoms with Gasteiger partial charge in [0.15, 0.2) is 6.61 Å². The van der Waals surface area contributed by atoms with Crippen LogP contribution in [0.2, 0.25) is 0 Å². The Kier molecular flexibility index (Phi) is 5.79. The van der Waals surface area contributed by atoms with Crippen molar-refractivity contribution in [2.24, 2.45) is 5.92 Å². The number of carbonyl (C=O) groups is 1. The van der Waals surface area contributed by atoms with Crippen LogP contribution in [-0.2, 0) is 11.3 Å². The van der Waals surface area contributed by atoms with Gasteiger partial charge in [-0.1, -0.05) is 39.8 Å². The van der Waals surface area contributed by atoms with Gasteiger partial charge >= 0.3 is 0 Å². The van der Waals surface area contributed by atoms with Crippen molar-refractivity contribution in [1.82, 2.24) is 9.78 Å². The first-order valence-electron chi connectivity index (χ1n) is 8.00. The average molecular weight is 315 g/mol. The summed E-state index contributed by atoms with van der Waals surface area (Å²) in [6.45, 7) is 9.25. The first-order chi connectivity index (χ1) is 11.0. The predicted octanol–water partition coefficient (Wildman–Crippen LogP) is 3.68. The topological polar surface area (TPSA) is 56.2 Å². The van der Waals surface area contributed by atoms with Crippen LogP contribution in [0, 0.1) is 5.92 Å². The number of hydrogen-bond acceptors (Lipinski definition) is 3. The number of aromatic nitrogens is 2. The number of nitrogens with zero attached hydrogens (tertiary/aromatic N) is 2. The minimum atomic E-state index is -0.191. The van der Waals surface area contributed by atoms with E-state index in [-0.39, 0.29) is 12.5 Å². The third-order valence-corrected chi connectivity index (χ3v) is 3.44. The van der Waals surface area contributed by atoms with E-state index < -0.39 is 0 Å². The van der Waals surface area contributed by atoms with Gasteiger partial charge in [0.05, 0.1) is 6.20 Å². The molecular formula is C18H25N3O2. The lowest BCUT2D eigenvalue weighted by atomic mass is 10.0. The first-order valence-corrected chi connectivity index (χ1v) is 8.00. The summed E-state index contributed by atoms with van der Waals surface area (Å²) in [4.78, 5) is 12.0. The summed E-state index contributed by atoms with van der Waals surface area (Å²) in [6, 6.07) is 9.63. The minimum Gasteiger partial charge on any atom is -0.484 e. The van der Waals surface area contributed by atoms with Crippen LogP contribution in [0.15, 0.2) is 36.5 Å². The summed E-state index contributed by atoms with van der Waals surface area (Å²) in [5.74, 6) is 2.14. The van der Waals surface area contributed by atoms with Crippen molar-refractivity contribution in [1.29, 1.82) is 0 Å². The van der Waals surface area contributed by atoms with Crippen LogP contribution in [-0.4, -0.2) is 22.3 Å². The van der Waals surface area contributed by atoms with Crippen LogP contribution < -0.4 is 10.1 Å². The number of ether oxygens (including phenoxy) is 1. The van der Waals surface area contributed by atoms with E-state index in [1.165, 1.54) is 5.56 Å². The van der Waals surface area contributed by atoms with Gasteiger partial charge in [-0.3, -0.25) is 4.79 Å². The van der Waals surface area contributed by atoms with Crippen LogP contribution in [0.3, 0.4) is 0 Å². The molecule has 0 radical (unpaired) electrons. The van der Waals surface area contributed by atoms with Crippen LogP contribution in [0.4, 0.5) is 5.82 Å². The standard InChI is InChI=1S/C18H25N3O2/c1-13(2)11-21-17(9-10-19-21)20-18(22)12-23-16-7-5-15(6-8-16)14(3)4/h5-10,13-14H,11-12H2,1-4H3,(H,20,22). The van der Waals surface area contributed by atoms with Crippen molar-refractivity contribution >= 4 is 11.7 Å². The maximum absolute atomic E-state index is 12.0. The predicted molar refractivity (Wildman–Crippen MR) is 91.7 cm³/mol. The van der Waals surface area contributed by atoms with Crippen molar-refractivity contribution in [3.8, 4) is 5.75 Å². The molecule has 0 saturated carbocycles. The van der Waals surface area contributed by atoms with Crippen LogP contribution >= 0.6 is 0 Å². The van der Waals surface area contributed by atoms with Gasteiger partial charge in [0.2, 0.25) is 0 Å². The molecule has 2 aromatic rings. The van der Waals surface area contributed by atoms with Crippen molar-refractivity contribution in [3.63, 3.8) is 0 Å². The minimum absolute atomic E-state index is 0.0200. The molecule has 0 aliphatic rings. The monoisotopic (exact) mass is 315 g/mol. The number of amides is 1. The number of benzene rings is 1. The summed E-state index contributed by atoms with van der Waals surface area (Å²) in [6.07, 6.45) is 1.68. The third-order valence-electron chi connectivity index (χ3n) is 3.44. The lowest BCUT2D eigenvalue weighted by Crippen LogP contribution is -2.22. The van der Waals surface area contributed by atoms with E-state index in [9.17, 15) is 4.79 Å². The molecule has 0 atom stereocenters. The van der Waals surface area contributed by atoms with E-state index in [4.69, 9.17) is 4.74 Å². The molecule has 0 saturated heterocycles. The van der Waals surface area contributed by atoms with E-state index in [0.29, 0.717) is 23.4 Å². The molecular weight excluding hydrogens is 290 g/mol. The highest BCUT2D eigenvalue weighted by Gasteiger charge is 2.09. The summed E-state index contributed by atoms with van der Waals surface area (Å²) in [5, 5.41) is 7.05. The summed E-state index contributed by atoms with van der Waals surface area (Å²) in [7, 11) is 0. The Labute approximate surface area is 137 Å². The van der Waals surface area contributed by atoms with Gasteiger partial charge in [-0.15, -0.1) is 0 Å². The average Bonchev–Trinajstić information content (AvgIpc) is 2.91. The molecule has 5 heteroatoms. The zero-order valence-electron chi connectivity index (χ0n) is 14.2. The number of hydrogen-bond donors (Lipinski definition) is 1. The summed E-state index contributed by atoms with van der Waals surface area (Å²) < 4.78 is 7.32. The Morgan fingerprint density at radius 1 is 1.17 bits per heavy atom. The lowest BCUT2D eigenvalue weighted by Gasteiger charge is -2.12. The zero-order valence-corrected chi connectivity index (χ0v) is 14.2. The SMILES string of the molecule is CC(C)Cn1nccc1NC(=O)COc1ccc(C(C)C)cc1. The largest absolute Gasteiger partial charge is 0.484 e. The van der Waals surface area contributed by atoms with Crippen LogP contribution in [0.25, 0.3) is 0 Å². The highest BCUT2D eigenvalue weighted by Crippen LogP contribution is 2.18. The Hall–Kier alpha value is -2.30. The molecule has 1 amide bonds. The molecule has 0 unspecified atom stereocenters. The van der Waals surface area contributed by atoms with Gasteiger partial charge in [0, 0.05) is 12.6 Å². The molecule has 5 nitrogen and oxygen atoms in total. The normalized spacial score (nSPS) is 11.0. The van der Waals surface area contributed by atoms with E-state index in [1.54, 1.807) is 16.9 Å². The highest BCUT2D eigenvalue weighted by molar-refractivity contribution is 5.91. The van der Waals surface area contributed by atoms with Gasteiger partial charge in [0.25, 0.3) is 5.91 Å². The fourth-order valence-corrected chi connectivity index (χ4v) is 2.21. The maximum Gasteiger partial charge on any atom is 0.263 e. The van der Waals surface area contributed by atoms with Crippen LogP contribution in [0.5, 0.6) is 5.75 Å². The second kappa shape index (κ2) is 7.81. The first kappa shape index (κ1) is 17.1. The van der Waals surface area contributed by atoms with Gasteiger partial charge in [-0.05, 0) is 29.5 Å². The number of carbonyl (C=O) groups excluding carboxylic acids is 1. The van der Waals surface area contributed by atoms with Crippen molar-refractivity contribution < 1.29 is 9.53 Å². The second-order valence-electron chi connectivity index (χ2n) is 6.35. The van der Waals surface area contributed by atoms with Crippen molar-refractivity contribution in [2.45, 2.75) is 40.2 Å². The van der Waals surface area contributed by atoms with Gasteiger partial charge in [-0.25, -0.2) is 4.68 Å². The molecule has 1 aromatic carbocycles. The lowest BCUT2D eigenvalue weighted by molar-refractivity contribution is -0.118. The molecule has 0 fully saturated rings. The Morgan fingerprint density at radius 3 is 2.48 bits per heavy atom. The summed E-state index contributed by atoms with van der Waals surface area (Å²) >= 11 is 0. The molecule has 124 valence electrons. The number of nitrogens with one attached hydrogen (secondary N) is 1. The van der Waals surface area contributed by atoms with E-state index in [2.05, 4.69) is 38.1 Å². The smallest absolute Gasteiger partial charge is 0.263 e. The van der Waals surface area contributed by atoms with Crippen molar-refractivity contribution in [3.05, 3.63) is 42.1 Å². The Morgan fingerprint density at radius 2 is 1.87 bits per heavy atom. The summed E-state index contributed by atoms with van der Waals surface area (Å²) in [5.41, 5.74) is 1.25. The number of rotatable bonds is 7.